The van der Waals surface area contributed by atoms with Crippen LogP contribution in [0, 0.1) is 0 Å². The number of halogens is 1. The molecule has 3 nitrogen and oxygen atoms in total. The number of benzene rings is 1. The van der Waals surface area contributed by atoms with E-state index in [1.54, 1.807) is 7.11 Å². The van der Waals surface area contributed by atoms with Crippen LogP contribution in [0.25, 0.3) is 0 Å². The van der Waals surface area contributed by atoms with Crippen molar-refractivity contribution in [3.63, 3.8) is 0 Å². The molecule has 0 aliphatic carbocycles. The van der Waals surface area contributed by atoms with Crippen LogP contribution in [0.5, 0.6) is 0 Å². The normalized spacial score (nSPS) is 10.7. The van der Waals surface area contributed by atoms with Gasteiger partial charge in [-0.05, 0) is 30.7 Å². The Balaban J connectivity index is 2.73. The summed E-state index contributed by atoms with van der Waals surface area (Å²) in [6.45, 7) is 5.84. The van der Waals surface area contributed by atoms with Gasteiger partial charge in [-0.15, -0.1) is 0 Å². The van der Waals surface area contributed by atoms with Crippen molar-refractivity contribution in [3.05, 3.63) is 28.2 Å². The molecule has 0 aliphatic rings. The molecule has 0 saturated heterocycles. The predicted octanol–water partition coefficient (Wildman–Crippen LogP) is 3.03. The van der Waals surface area contributed by atoms with Crippen molar-refractivity contribution in [2.24, 2.45) is 0 Å². The van der Waals surface area contributed by atoms with Crippen LogP contribution in [0.1, 0.15) is 18.9 Å². The summed E-state index contributed by atoms with van der Waals surface area (Å²) in [5.41, 5.74) is 2.61. The molecule has 0 radical (unpaired) electrons. The molecule has 1 rings (SSSR count). The highest BCUT2D eigenvalue weighted by atomic mass is 79.9. The fourth-order valence-electron chi connectivity index (χ4n) is 1.87. The van der Waals surface area contributed by atoms with Gasteiger partial charge in [0.1, 0.15) is 0 Å². The summed E-state index contributed by atoms with van der Waals surface area (Å²) < 4.78 is 6.22. The summed E-state index contributed by atoms with van der Waals surface area (Å²) in [5, 5.41) is 3.38. The lowest BCUT2D eigenvalue weighted by Crippen LogP contribution is -2.23. The fourth-order valence-corrected chi connectivity index (χ4v) is 2.22. The van der Waals surface area contributed by atoms with Crippen molar-refractivity contribution >= 4 is 21.6 Å². The third-order valence-corrected chi connectivity index (χ3v) is 3.36. The maximum Gasteiger partial charge on any atom is 0.0479 e. The zero-order valence-corrected chi connectivity index (χ0v) is 13.1. The van der Waals surface area contributed by atoms with E-state index in [1.807, 2.05) is 0 Å². The maximum absolute atomic E-state index is 5.10. The third-order valence-electron chi connectivity index (χ3n) is 2.87. The van der Waals surface area contributed by atoms with Crippen LogP contribution >= 0.6 is 15.9 Å². The van der Waals surface area contributed by atoms with E-state index in [-0.39, 0.29) is 0 Å². The van der Waals surface area contributed by atoms with E-state index in [4.69, 9.17) is 4.74 Å². The van der Waals surface area contributed by atoms with E-state index in [0.29, 0.717) is 0 Å². The molecule has 1 aromatic carbocycles. The number of hydrogen-bond acceptors (Lipinski definition) is 3. The molecule has 0 saturated carbocycles. The quantitative estimate of drug-likeness (QED) is 0.746. The molecule has 0 amide bonds. The zero-order valence-electron chi connectivity index (χ0n) is 11.5. The van der Waals surface area contributed by atoms with Gasteiger partial charge in [0, 0.05) is 44.0 Å². The Bertz CT molecular complexity index is 358. The number of rotatable bonds is 8. The molecule has 1 aromatic rings. The highest BCUT2D eigenvalue weighted by molar-refractivity contribution is 9.10. The Labute approximate surface area is 119 Å². The van der Waals surface area contributed by atoms with Crippen molar-refractivity contribution in [1.82, 2.24) is 5.32 Å². The molecule has 0 aliphatic heterocycles. The zero-order chi connectivity index (χ0) is 13.4. The van der Waals surface area contributed by atoms with Crippen molar-refractivity contribution in [3.8, 4) is 0 Å². The molecule has 18 heavy (non-hydrogen) atoms. The standard InChI is InChI=1S/C14H23BrN2O/c1-4-16-11-12-6-7-13(15)10-14(12)17(2)8-5-9-18-3/h6-7,10,16H,4-5,8-9,11H2,1-3H3. The van der Waals surface area contributed by atoms with Crippen molar-refractivity contribution in [2.75, 3.05) is 38.8 Å². The Morgan fingerprint density at radius 3 is 2.83 bits per heavy atom. The highest BCUT2D eigenvalue weighted by Gasteiger charge is 2.07. The summed E-state index contributed by atoms with van der Waals surface area (Å²) in [6.07, 6.45) is 1.04. The van der Waals surface area contributed by atoms with Gasteiger partial charge in [-0.3, -0.25) is 0 Å². The van der Waals surface area contributed by atoms with Crippen LogP contribution in [0.4, 0.5) is 5.69 Å². The van der Waals surface area contributed by atoms with Crippen molar-refractivity contribution in [1.29, 1.82) is 0 Å². The van der Waals surface area contributed by atoms with Crippen LogP contribution in [0.2, 0.25) is 0 Å². The summed E-state index contributed by atoms with van der Waals surface area (Å²) in [4.78, 5) is 2.29. The largest absolute Gasteiger partial charge is 0.385 e. The van der Waals surface area contributed by atoms with Gasteiger partial charge in [-0.2, -0.15) is 0 Å². The Kier molecular flexibility index (Phi) is 7.32. The lowest BCUT2D eigenvalue weighted by Gasteiger charge is -2.23. The topological polar surface area (TPSA) is 24.5 Å². The van der Waals surface area contributed by atoms with Gasteiger partial charge in [0.05, 0.1) is 0 Å². The summed E-state index contributed by atoms with van der Waals surface area (Å²) in [6, 6.07) is 6.45. The van der Waals surface area contributed by atoms with Gasteiger partial charge in [0.2, 0.25) is 0 Å². The Morgan fingerprint density at radius 1 is 1.39 bits per heavy atom. The van der Waals surface area contributed by atoms with E-state index >= 15 is 0 Å². The minimum absolute atomic E-state index is 0.806. The van der Waals surface area contributed by atoms with Gasteiger partial charge in [0.15, 0.2) is 0 Å². The third kappa shape index (κ3) is 4.96. The molecular formula is C14H23BrN2O. The lowest BCUT2D eigenvalue weighted by molar-refractivity contribution is 0.196. The number of anilines is 1. The van der Waals surface area contributed by atoms with Gasteiger partial charge < -0.3 is 15.0 Å². The van der Waals surface area contributed by atoms with Crippen LogP contribution in [-0.2, 0) is 11.3 Å². The average Bonchev–Trinajstić information content (AvgIpc) is 2.37. The second kappa shape index (κ2) is 8.51. The number of nitrogens with one attached hydrogen (secondary N) is 1. The molecule has 0 heterocycles. The Morgan fingerprint density at radius 2 is 2.17 bits per heavy atom. The molecule has 0 aromatic heterocycles. The van der Waals surface area contributed by atoms with Crippen LogP contribution < -0.4 is 10.2 Å². The second-order valence-electron chi connectivity index (χ2n) is 4.32. The van der Waals surface area contributed by atoms with Gasteiger partial charge in [0.25, 0.3) is 0 Å². The second-order valence-corrected chi connectivity index (χ2v) is 5.24. The number of hydrogen-bond donors (Lipinski definition) is 1. The van der Waals surface area contributed by atoms with Crippen LogP contribution in [0.3, 0.4) is 0 Å². The summed E-state index contributed by atoms with van der Waals surface area (Å²) in [7, 11) is 3.88. The molecular weight excluding hydrogens is 292 g/mol. The van der Waals surface area contributed by atoms with Crippen molar-refractivity contribution < 1.29 is 4.74 Å². The molecule has 102 valence electrons. The first-order chi connectivity index (χ1) is 8.69. The maximum atomic E-state index is 5.10. The molecule has 0 spiro atoms. The van der Waals surface area contributed by atoms with E-state index in [2.05, 4.69) is 58.3 Å². The molecule has 0 unspecified atom stereocenters. The van der Waals surface area contributed by atoms with Crippen LogP contribution in [-0.4, -0.2) is 33.9 Å². The SMILES string of the molecule is CCNCc1ccc(Br)cc1N(C)CCCOC. The van der Waals surface area contributed by atoms with Crippen LogP contribution in [0.15, 0.2) is 22.7 Å². The lowest BCUT2D eigenvalue weighted by atomic mass is 10.1. The van der Waals surface area contributed by atoms with E-state index < -0.39 is 0 Å². The smallest absolute Gasteiger partial charge is 0.0479 e. The molecule has 0 atom stereocenters. The predicted molar refractivity (Wildman–Crippen MR) is 81.3 cm³/mol. The number of methoxy groups -OCH3 is 1. The molecule has 0 bridgehead atoms. The van der Waals surface area contributed by atoms with Gasteiger partial charge in [-0.25, -0.2) is 0 Å². The molecule has 4 heteroatoms. The summed E-state index contributed by atoms with van der Waals surface area (Å²) >= 11 is 3.54. The number of nitrogens with zero attached hydrogens (tertiary/aromatic N) is 1. The number of ether oxygens (including phenoxy) is 1. The highest BCUT2D eigenvalue weighted by Crippen LogP contribution is 2.24. The Hall–Kier alpha value is -0.580. The average molecular weight is 315 g/mol. The minimum Gasteiger partial charge on any atom is -0.385 e. The molecule has 1 N–H and O–H groups in total. The first kappa shape index (κ1) is 15.5. The summed E-state index contributed by atoms with van der Waals surface area (Å²) in [5.74, 6) is 0. The van der Waals surface area contributed by atoms with E-state index in [1.165, 1.54) is 11.3 Å². The first-order valence-electron chi connectivity index (χ1n) is 6.38. The van der Waals surface area contributed by atoms with Crippen molar-refractivity contribution in [2.45, 2.75) is 19.9 Å². The van der Waals surface area contributed by atoms with E-state index in [9.17, 15) is 0 Å². The van der Waals surface area contributed by atoms with Gasteiger partial charge >= 0.3 is 0 Å². The fraction of sp³-hybridized carbons (Fsp3) is 0.571. The van der Waals surface area contributed by atoms with E-state index in [0.717, 1.165) is 37.1 Å². The molecule has 0 fully saturated rings. The first-order valence-corrected chi connectivity index (χ1v) is 7.17. The monoisotopic (exact) mass is 314 g/mol. The minimum atomic E-state index is 0.806. The van der Waals surface area contributed by atoms with Gasteiger partial charge in [-0.1, -0.05) is 28.9 Å².